The van der Waals surface area contributed by atoms with Crippen LogP contribution in [0.2, 0.25) is 0 Å². The first kappa shape index (κ1) is 17.4. The molecule has 1 atom stereocenters. The van der Waals surface area contributed by atoms with Gasteiger partial charge in [0.15, 0.2) is 6.17 Å². The summed E-state index contributed by atoms with van der Waals surface area (Å²) in [6.45, 7) is 6.26. The minimum Gasteiger partial charge on any atom is -0.385 e. The van der Waals surface area contributed by atoms with Crippen LogP contribution in [0.4, 0.5) is 8.78 Å². The number of hydrogen-bond acceptors (Lipinski definition) is 5. The second-order valence-corrected chi connectivity index (χ2v) is 7.00. The molecule has 2 aliphatic rings. The average molecular weight is 347 g/mol. The van der Waals surface area contributed by atoms with Gasteiger partial charge >= 0.3 is 0 Å². The van der Waals surface area contributed by atoms with Gasteiger partial charge in [0, 0.05) is 30.2 Å². The fourth-order valence-corrected chi connectivity index (χ4v) is 2.97. The number of benzene rings is 1. The molecule has 0 amide bonds. The first-order valence-electron chi connectivity index (χ1n) is 8.38. The maximum Gasteiger partial charge on any atom is 0.164 e. The first-order chi connectivity index (χ1) is 11.8. The van der Waals surface area contributed by atoms with E-state index >= 15 is 0 Å². The molecule has 0 radical (unpaired) electrons. The number of nitrogens with zero attached hydrogens (tertiary/aromatic N) is 3. The Bertz CT molecular complexity index is 767. The van der Waals surface area contributed by atoms with Crippen LogP contribution in [-0.2, 0) is 6.42 Å². The van der Waals surface area contributed by atoms with Crippen LogP contribution in [0.3, 0.4) is 0 Å². The van der Waals surface area contributed by atoms with Gasteiger partial charge in [0.05, 0.1) is 11.9 Å². The predicted molar refractivity (Wildman–Crippen MR) is 95.0 cm³/mol. The van der Waals surface area contributed by atoms with E-state index in [1.54, 1.807) is 6.34 Å². The fourth-order valence-electron chi connectivity index (χ4n) is 2.97. The van der Waals surface area contributed by atoms with Gasteiger partial charge in [-0.1, -0.05) is 13.0 Å². The Morgan fingerprint density at radius 2 is 2.12 bits per heavy atom. The minimum absolute atomic E-state index is 0.238. The van der Waals surface area contributed by atoms with Gasteiger partial charge in [0.2, 0.25) is 0 Å². The van der Waals surface area contributed by atoms with Crippen molar-refractivity contribution in [1.29, 1.82) is 0 Å². The second kappa shape index (κ2) is 6.46. The van der Waals surface area contributed by atoms with Crippen molar-refractivity contribution < 1.29 is 8.78 Å². The maximum absolute atomic E-state index is 14.0. The molecule has 0 saturated heterocycles. The molecule has 1 aromatic carbocycles. The van der Waals surface area contributed by atoms with Gasteiger partial charge < -0.3 is 11.1 Å². The van der Waals surface area contributed by atoms with Crippen LogP contribution in [-0.4, -0.2) is 28.8 Å². The lowest BCUT2D eigenvalue weighted by atomic mass is 9.93. The number of hydrazone groups is 1. The lowest BCUT2D eigenvalue weighted by molar-refractivity contribution is 0.0806. The topological polar surface area (TPSA) is 66.0 Å². The van der Waals surface area contributed by atoms with Gasteiger partial charge in [0.1, 0.15) is 17.5 Å². The Balaban J connectivity index is 1.98. The molecule has 3 N–H and O–H groups in total. The maximum atomic E-state index is 14.0. The third kappa shape index (κ3) is 3.36. The van der Waals surface area contributed by atoms with Gasteiger partial charge in [-0.3, -0.25) is 5.01 Å². The van der Waals surface area contributed by atoms with Gasteiger partial charge in [-0.05, 0) is 31.9 Å². The molecule has 0 aromatic heterocycles. The number of hydrogen-bond donors (Lipinski definition) is 2. The third-order valence-corrected chi connectivity index (χ3v) is 4.86. The van der Waals surface area contributed by atoms with Crippen molar-refractivity contribution in [3.8, 4) is 0 Å². The molecule has 7 heteroatoms. The van der Waals surface area contributed by atoms with Gasteiger partial charge in [-0.15, -0.1) is 0 Å². The SMILES string of the molecule is CCC(C)(C)N1N=C(Cc2ccc(F)cc2F)CC2=C(N)NC=NC21. The third-order valence-electron chi connectivity index (χ3n) is 4.86. The zero-order chi connectivity index (χ0) is 18.2. The molecule has 1 aromatic rings. The quantitative estimate of drug-likeness (QED) is 0.880. The molecule has 1 unspecified atom stereocenters. The van der Waals surface area contributed by atoms with E-state index in [-0.39, 0.29) is 11.7 Å². The number of nitrogens with one attached hydrogen (secondary N) is 1. The highest BCUT2D eigenvalue weighted by atomic mass is 19.1. The van der Waals surface area contributed by atoms with Crippen LogP contribution >= 0.6 is 0 Å². The normalized spacial score (nSPS) is 20.3. The standard InChI is InChI=1S/C18H23F2N5/c1-4-18(2,3)25-17-14(16(21)22-10-23-17)9-13(24-25)7-11-5-6-12(19)8-15(11)20/h5-6,8,10,17H,4,7,9,21H2,1-3H3,(H,22,23). The second-order valence-electron chi connectivity index (χ2n) is 7.00. The Kier molecular flexibility index (Phi) is 4.49. The first-order valence-corrected chi connectivity index (χ1v) is 8.38. The monoisotopic (exact) mass is 347 g/mol. The lowest BCUT2D eigenvalue weighted by Gasteiger charge is -2.44. The summed E-state index contributed by atoms with van der Waals surface area (Å²) < 4.78 is 27.2. The number of aliphatic imine (C=N–C) groups is 1. The Morgan fingerprint density at radius 3 is 2.80 bits per heavy atom. The van der Waals surface area contributed by atoms with Gasteiger partial charge in [-0.2, -0.15) is 5.10 Å². The molecular weight excluding hydrogens is 324 g/mol. The van der Waals surface area contributed by atoms with Crippen LogP contribution in [0, 0.1) is 11.6 Å². The summed E-state index contributed by atoms with van der Waals surface area (Å²) in [4.78, 5) is 4.49. The highest BCUT2D eigenvalue weighted by Gasteiger charge is 2.38. The average Bonchev–Trinajstić information content (AvgIpc) is 2.57. The molecule has 0 saturated carbocycles. The van der Waals surface area contributed by atoms with E-state index in [9.17, 15) is 8.78 Å². The molecule has 2 aliphatic heterocycles. The van der Waals surface area contributed by atoms with Crippen LogP contribution in [0.5, 0.6) is 0 Å². The molecule has 0 spiro atoms. The molecule has 0 aliphatic carbocycles. The zero-order valence-corrected chi connectivity index (χ0v) is 14.7. The van der Waals surface area contributed by atoms with Crippen molar-refractivity contribution >= 4 is 12.1 Å². The molecule has 5 nitrogen and oxygen atoms in total. The summed E-state index contributed by atoms with van der Waals surface area (Å²) in [5.74, 6) is -0.588. The van der Waals surface area contributed by atoms with Crippen molar-refractivity contribution in [2.24, 2.45) is 15.8 Å². The van der Waals surface area contributed by atoms with Gasteiger partial charge in [0.25, 0.3) is 0 Å². The van der Waals surface area contributed by atoms with Crippen LogP contribution in [0.15, 0.2) is 39.7 Å². The molecule has 3 rings (SSSR count). The lowest BCUT2D eigenvalue weighted by Crippen LogP contribution is -2.52. The van der Waals surface area contributed by atoms with Crippen molar-refractivity contribution in [3.63, 3.8) is 0 Å². The highest BCUT2D eigenvalue weighted by Crippen LogP contribution is 2.33. The number of halogens is 2. The summed E-state index contributed by atoms with van der Waals surface area (Å²) in [6, 6.07) is 3.62. The van der Waals surface area contributed by atoms with E-state index in [0.717, 1.165) is 23.8 Å². The van der Waals surface area contributed by atoms with E-state index in [0.29, 0.717) is 24.2 Å². The summed E-state index contributed by atoms with van der Waals surface area (Å²) in [6.07, 6.45) is 3.01. The van der Waals surface area contributed by atoms with Gasteiger partial charge in [-0.25, -0.2) is 13.8 Å². The van der Waals surface area contributed by atoms with E-state index in [1.165, 1.54) is 12.1 Å². The van der Waals surface area contributed by atoms with Crippen LogP contribution < -0.4 is 11.1 Å². The minimum atomic E-state index is -0.585. The van der Waals surface area contributed by atoms with Crippen molar-refractivity contribution in [3.05, 3.63) is 46.8 Å². The summed E-state index contributed by atoms with van der Waals surface area (Å²) >= 11 is 0. The molecule has 2 heterocycles. The molecular formula is C18H23F2N5. The van der Waals surface area contributed by atoms with E-state index in [2.05, 4.69) is 31.1 Å². The molecule has 0 bridgehead atoms. The smallest absolute Gasteiger partial charge is 0.164 e. The van der Waals surface area contributed by atoms with E-state index < -0.39 is 11.6 Å². The van der Waals surface area contributed by atoms with Crippen LogP contribution in [0.25, 0.3) is 0 Å². The molecule has 0 fully saturated rings. The summed E-state index contributed by atoms with van der Waals surface area (Å²) in [5.41, 5.74) is 8.00. The summed E-state index contributed by atoms with van der Waals surface area (Å²) in [7, 11) is 0. The largest absolute Gasteiger partial charge is 0.385 e. The predicted octanol–water partition coefficient (Wildman–Crippen LogP) is 2.89. The Morgan fingerprint density at radius 1 is 1.36 bits per heavy atom. The summed E-state index contributed by atoms with van der Waals surface area (Å²) in [5, 5.41) is 9.63. The van der Waals surface area contributed by atoms with Crippen molar-refractivity contribution in [1.82, 2.24) is 10.3 Å². The van der Waals surface area contributed by atoms with Crippen molar-refractivity contribution in [2.75, 3.05) is 0 Å². The molecule has 134 valence electrons. The number of fused-ring (bicyclic) bond motifs is 1. The van der Waals surface area contributed by atoms with Crippen LogP contribution in [0.1, 0.15) is 39.2 Å². The fraction of sp³-hybridized carbons (Fsp3) is 0.444. The molecule has 25 heavy (non-hydrogen) atoms. The zero-order valence-electron chi connectivity index (χ0n) is 14.7. The number of rotatable bonds is 4. The van der Waals surface area contributed by atoms with E-state index in [4.69, 9.17) is 10.8 Å². The number of nitrogens with two attached hydrogens (primary N) is 1. The Labute approximate surface area is 146 Å². The highest BCUT2D eigenvalue weighted by molar-refractivity contribution is 5.90. The van der Waals surface area contributed by atoms with Crippen molar-refractivity contribution in [2.45, 2.75) is 51.7 Å². The van der Waals surface area contributed by atoms with E-state index in [1.807, 2.05) is 5.01 Å². The Hall–Kier alpha value is -2.44.